The van der Waals surface area contributed by atoms with Crippen LogP contribution in [0.1, 0.15) is 13.8 Å². The molecule has 0 radical (unpaired) electrons. The van der Waals surface area contributed by atoms with Crippen LogP contribution in [0.5, 0.6) is 0 Å². The molecule has 2 aliphatic heterocycles. The van der Waals surface area contributed by atoms with Gasteiger partial charge < -0.3 is 20.3 Å². The Labute approximate surface area is 103 Å². The molecule has 3 N–H and O–H groups in total. The summed E-state index contributed by atoms with van der Waals surface area (Å²) < 4.78 is 18.7. The van der Waals surface area contributed by atoms with Gasteiger partial charge in [-0.05, 0) is 13.8 Å². The van der Waals surface area contributed by atoms with E-state index in [-0.39, 0.29) is 0 Å². The molecule has 0 aromatic carbocycles. The van der Waals surface area contributed by atoms with Crippen molar-refractivity contribution in [2.24, 2.45) is 4.99 Å². The van der Waals surface area contributed by atoms with Crippen LogP contribution in [0, 0.1) is 0 Å². The average molecular weight is 264 g/mol. The van der Waals surface area contributed by atoms with Crippen molar-refractivity contribution >= 4 is 16.9 Å². The van der Waals surface area contributed by atoms with Crippen LogP contribution in [0.2, 0.25) is 0 Å². The van der Waals surface area contributed by atoms with Crippen molar-refractivity contribution in [2.45, 2.75) is 49.8 Å². The molecule has 1 fully saturated rings. The van der Waals surface area contributed by atoms with Crippen molar-refractivity contribution in [3.05, 3.63) is 0 Å². The van der Waals surface area contributed by atoms with Gasteiger partial charge in [0.25, 0.3) is 0 Å². The van der Waals surface area contributed by atoms with Crippen molar-refractivity contribution in [1.82, 2.24) is 5.32 Å². The molecular weight excluding hydrogens is 247 g/mol. The third kappa shape index (κ3) is 2.42. The summed E-state index contributed by atoms with van der Waals surface area (Å²) in [6.45, 7) is 3.96. The minimum atomic E-state index is -1.33. The first-order valence-electron chi connectivity index (χ1n) is 5.68. The van der Waals surface area contributed by atoms with E-state index in [0.29, 0.717) is 11.7 Å². The van der Waals surface area contributed by atoms with E-state index in [1.165, 1.54) is 18.7 Å². The van der Waals surface area contributed by atoms with Crippen molar-refractivity contribution in [3.63, 3.8) is 0 Å². The number of ether oxygens (including phenoxy) is 1. The highest BCUT2D eigenvalue weighted by molar-refractivity contribution is 8.14. The number of aliphatic imine (C=N–C) groups is 1. The number of nitrogens with zero attached hydrogens (tertiary/aromatic N) is 1. The third-order valence-corrected chi connectivity index (χ3v) is 3.98. The van der Waals surface area contributed by atoms with Crippen LogP contribution in [-0.2, 0) is 4.74 Å². The first kappa shape index (κ1) is 13.1. The number of aliphatic hydroxyl groups is 2. The van der Waals surface area contributed by atoms with Crippen molar-refractivity contribution in [2.75, 3.05) is 6.54 Å². The van der Waals surface area contributed by atoms with Gasteiger partial charge in [-0.25, -0.2) is 4.39 Å². The number of thioether (sulfide) groups is 1. The number of halogens is 1. The summed E-state index contributed by atoms with van der Waals surface area (Å²) in [6.07, 6.45) is -4.64. The van der Waals surface area contributed by atoms with Crippen LogP contribution in [0.4, 0.5) is 4.39 Å². The molecule has 0 spiro atoms. The summed E-state index contributed by atoms with van der Waals surface area (Å²) in [6, 6.07) is -0.529. The average Bonchev–Trinajstić information content (AvgIpc) is 2.66. The number of aliphatic hydroxyl groups excluding tert-OH is 2. The number of rotatable bonds is 2. The minimum Gasteiger partial charge on any atom is -0.388 e. The lowest BCUT2D eigenvalue weighted by Gasteiger charge is -2.38. The quantitative estimate of drug-likeness (QED) is 0.648. The first-order valence-corrected chi connectivity index (χ1v) is 6.56. The Bertz CT molecular complexity index is 316. The predicted molar refractivity (Wildman–Crippen MR) is 63.7 cm³/mol. The molecule has 0 aromatic heterocycles. The first-order chi connectivity index (χ1) is 8.04. The molecular formula is C10H17FN2O3S. The molecule has 0 aliphatic carbocycles. The Kier molecular flexibility index (Phi) is 3.92. The molecule has 2 aliphatic rings. The van der Waals surface area contributed by atoms with Gasteiger partial charge >= 0.3 is 0 Å². The lowest BCUT2D eigenvalue weighted by molar-refractivity contribution is -0.170. The minimum absolute atomic E-state index is 0.425. The number of hydrogen-bond acceptors (Lipinski definition) is 6. The fourth-order valence-corrected chi connectivity index (χ4v) is 3.18. The van der Waals surface area contributed by atoms with Crippen molar-refractivity contribution < 1.29 is 19.3 Å². The van der Waals surface area contributed by atoms with Crippen LogP contribution in [0.3, 0.4) is 0 Å². The molecule has 1 saturated heterocycles. The van der Waals surface area contributed by atoms with Crippen LogP contribution in [0.15, 0.2) is 4.99 Å². The molecule has 0 saturated carbocycles. The Morgan fingerprint density at radius 3 is 2.82 bits per heavy atom. The van der Waals surface area contributed by atoms with Gasteiger partial charge in [-0.3, -0.25) is 4.99 Å². The van der Waals surface area contributed by atoms with Gasteiger partial charge in [-0.1, -0.05) is 11.8 Å². The third-order valence-electron chi connectivity index (χ3n) is 2.88. The monoisotopic (exact) mass is 264 g/mol. The standard InChI is InChI=1S/C10H17FN2O3S/c1-3-12-10-13-5-6(14)7(15)8(4(2)11)16-9(5)17-10/h4-9,14-15H,3H2,1-2H3,(H,12,13)/t4?,5-,6-,7+,8-,9-/m1/s1. The van der Waals surface area contributed by atoms with Gasteiger partial charge in [0.2, 0.25) is 0 Å². The Morgan fingerprint density at radius 2 is 2.24 bits per heavy atom. The largest absolute Gasteiger partial charge is 0.388 e. The number of amidine groups is 1. The second kappa shape index (κ2) is 5.09. The van der Waals surface area contributed by atoms with Crippen LogP contribution >= 0.6 is 11.8 Å². The lowest BCUT2D eigenvalue weighted by atomic mass is 9.96. The molecule has 98 valence electrons. The Morgan fingerprint density at radius 1 is 1.53 bits per heavy atom. The highest BCUT2D eigenvalue weighted by atomic mass is 32.2. The van der Waals surface area contributed by atoms with Gasteiger partial charge in [0, 0.05) is 6.54 Å². The summed E-state index contributed by atoms with van der Waals surface area (Å²) in [4.78, 5) is 4.24. The molecule has 7 heteroatoms. The molecule has 1 unspecified atom stereocenters. The van der Waals surface area contributed by atoms with E-state index in [4.69, 9.17) is 4.74 Å². The van der Waals surface area contributed by atoms with E-state index in [9.17, 15) is 14.6 Å². The van der Waals surface area contributed by atoms with Gasteiger partial charge in [0.15, 0.2) is 5.17 Å². The van der Waals surface area contributed by atoms with Crippen LogP contribution in [0.25, 0.3) is 0 Å². The molecule has 0 amide bonds. The summed E-state index contributed by atoms with van der Waals surface area (Å²) in [5.41, 5.74) is -0.425. The molecule has 6 atom stereocenters. The number of alkyl halides is 1. The molecule has 17 heavy (non-hydrogen) atoms. The maximum atomic E-state index is 13.3. The summed E-state index contributed by atoms with van der Waals surface area (Å²) in [5, 5.41) is 23.4. The summed E-state index contributed by atoms with van der Waals surface area (Å²) in [7, 11) is 0. The maximum absolute atomic E-state index is 13.3. The smallest absolute Gasteiger partial charge is 0.159 e. The topological polar surface area (TPSA) is 74.1 Å². The number of hydrogen-bond donors (Lipinski definition) is 3. The number of fused-ring (bicyclic) bond motifs is 1. The van der Waals surface area contributed by atoms with Crippen LogP contribution < -0.4 is 5.32 Å². The number of nitrogens with one attached hydrogen (secondary N) is 1. The van der Waals surface area contributed by atoms with Crippen molar-refractivity contribution in [1.29, 1.82) is 0 Å². The molecule has 2 rings (SSSR count). The zero-order valence-electron chi connectivity index (χ0n) is 9.71. The maximum Gasteiger partial charge on any atom is 0.159 e. The zero-order valence-corrected chi connectivity index (χ0v) is 10.5. The molecule has 2 heterocycles. The molecule has 0 bridgehead atoms. The highest BCUT2D eigenvalue weighted by Gasteiger charge is 2.49. The van der Waals surface area contributed by atoms with Crippen molar-refractivity contribution in [3.8, 4) is 0 Å². The van der Waals surface area contributed by atoms with Crippen LogP contribution in [-0.4, -0.2) is 57.9 Å². The zero-order chi connectivity index (χ0) is 12.6. The van der Waals surface area contributed by atoms with E-state index in [0.717, 1.165) is 0 Å². The normalized spacial score (nSPS) is 42.9. The van der Waals surface area contributed by atoms with Gasteiger partial charge in [-0.15, -0.1) is 0 Å². The second-order valence-electron chi connectivity index (χ2n) is 4.20. The van der Waals surface area contributed by atoms with Gasteiger partial charge in [0.1, 0.15) is 36.0 Å². The SMILES string of the molecule is CCNC1=N[C@@H]2[C@@H](O)[C@H](O)[C@@H](C(C)F)O[C@@H]2S1. The van der Waals surface area contributed by atoms with Gasteiger partial charge in [-0.2, -0.15) is 0 Å². The van der Waals surface area contributed by atoms with E-state index >= 15 is 0 Å². The van der Waals surface area contributed by atoms with E-state index < -0.39 is 36.0 Å². The predicted octanol–water partition coefficient (Wildman–Crippen LogP) is -0.128. The lowest BCUT2D eigenvalue weighted by Crippen LogP contribution is -2.57. The van der Waals surface area contributed by atoms with E-state index in [1.54, 1.807) is 0 Å². The van der Waals surface area contributed by atoms with E-state index in [2.05, 4.69) is 10.3 Å². The fourth-order valence-electron chi connectivity index (χ4n) is 2.00. The summed E-state index contributed by atoms with van der Waals surface area (Å²) in [5.74, 6) is 0. The molecule has 0 aromatic rings. The van der Waals surface area contributed by atoms with Gasteiger partial charge in [0.05, 0.1) is 0 Å². The fraction of sp³-hybridized carbons (Fsp3) is 0.900. The molecule has 5 nitrogen and oxygen atoms in total. The highest BCUT2D eigenvalue weighted by Crippen LogP contribution is 2.36. The Hall–Kier alpha value is -0.370. The van der Waals surface area contributed by atoms with E-state index in [1.807, 2.05) is 6.92 Å². The second-order valence-corrected chi connectivity index (χ2v) is 5.29. The Balaban J connectivity index is 2.10. The summed E-state index contributed by atoms with van der Waals surface area (Å²) >= 11 is 1.32.